The van der Waals surface area contributed by atoms with Gasteiger partial charge in [-0.05, 0) is 6.42 Å². The molecule has 0 aromatic heterocycles. The number of halogens is 1. The molecule has 0 aliphatic carbocycles. The molecule has 0 aromatic rings. The number of hydrogen-bond donors (Lipinski definition) is 4. The summed E-state index contributed by atoms with van der Waals surface area (Å²) >= 11 is 5.52. The average molecular weight is 311 g/mol. The van der Waals surface area contributed by atoms with Crippen LogP contribution in [0.2, 0.25) is 0 Å². The number of unbranched alkanes of at least 4 members (excludes halogenated alkanes) is 1. The molecule has 1 heterocycles. The Morgan fingerprint density at radius 2 is 2.10 bits per heavy atom. The fraction of sp³-hybridized carbons (Fsp3) is 0.917. The zero-order valence-electron chi connectivity index (χ0n) is 11.5. The first-order valence-electron chi connectivity index (χ1n) is 6.79. The van der Waals surface area contributed by atoms with Crippen molar-refractivity contribution in [1.82, 2.24) is 10.2 Å². The summed E-state index contributed by atoms with van der Waals surface area (Å²) in [5.74, 6) is 0.281. The molecule has 0 saturated carbocycles. The predicted octanol–water partition coefficient (Wildman–Crippen LogP) is -0.524. The summed E-state index contributed by atoms with van der Waals surface area (Å²) in [6.45, 7) is 2.25. The number of carbonyl (C=O) groups excluding carboxylic acids is 1. The SMILES string of the molecule is CCCCN(C(=O)NCCCl)[C@@H]1O[C@H](CO)[C@@H](O)[C@H]1O. The number of alkyl halides is 1. The monoisotopic (exact) mass is 310 g/mol. The van der Waals surface area contributed by atoms with Crippen LogP contribution in [0.4, 0.5) is 4.79 Å². The first kappa shape index (κ1) is 17.5. The van der Waals surface area contributed by atoms with E-state index in [0.717, 1.165) is 12.8 Å². The van der Waals surface area contributed by atoms with Gasteiger partial charge in [-0.15, -0.1) is 11.6 Å². The Labute approximate surface area is 123 Å². The van der Waals surface area contributed by atoms with E-state index in [1.807, 2.05) is 6.92 Å². The van der Waals surface area contributed by atoms with Crippen molar-refractivity contribution in [2.75, 3.05) is 25.6 Å². The number of rotatable bonds is 7. The van der Waals surface area contributed by atoms with Crippen molar-refractivity contribution in [3.63, 3.8) is 0 Å². The topological polar surface area (TPSA) is 102 Å². The molecule has 7 nitrogen and oxygen atoms in total. The highest BCUT2D eigenvalue weighted by atomic mass is 35.5. The minimum atomic E-state index is -1.24. The quantitative estimate of drug-likeness (QED) is 0.474. The van der Waals surface area contributed by atoms with Crippen LogP contribution in [0.5, 0.6) is 0 Å². The molecule has 0 spiro atoms. The number of urea groups is 1. The Morgan fingerprint density at radius 1 is 1.40 bits per heavy atom. The Morgan fingerprint density at radius 3 is 2.60 bits per heavy atom. The van der Waals surface area contributed by atoms with Crippen molar-refractivity contribution in [1.29, 1.82) is 0 Å². The van der Waals surface area contributed by atoms with Crippen LogP contribution in [0.3, 0.4) is 0 Å². The van der Waals surface area contributed by atoms with Gasteiger partial charge in [-0.1, -0.05) is 13.3 Å². The van der Waals surface area contributed by atoms with Crippen LogP contribution < -0.4 is 5.32 Å². The predicted molar refractivity (Wildman–Crippen MR) is 73.5 cm³/mol. The first-order valence-corrected chi connectivity index (χ1v) is 7.33. The smallest absolute Gasteiger partial charge is 0.319 e. The minimum absolute atomic E-state index is 0.281. The molecular formula is C12H23ClN2O5. The number of hydrogen-bond acceptors (Lipinski definition) is 5. The lowest BCUT2D eigenvalue weighted by atomic mass is 10.1. The lowest BCUT2D eigenvalue weighted by Crippen LogP contribution is -2.51. The van der Waals surface area contributed by atoms with Crippen LogP contribution in [0.15, 0.2) is 0 Å². The van der Waals surface area contributed by atoms with E-state index < -0.39 is 37.2 Å². The molecule has 1 fully saturated rings. The van der Waals surface area contributed by atoms with E-state index >= 15 is 0 Å². The summed E-state index contributed by atoms with van der Waals surface area (Å²) in [6.07, 6.45) is -2.71. The molecule has 2 amide bonds. The van der Waals surface area contributed by atoms with E-state index in [1.165, 1.54) is 4.90 Å². The first-order chi connectivity index (χ1) is 9.56. The highest BCUT2D eigenvalue weighted by Crippen LogP contribution is 2.24. The average Bonchev–Trinajstić information content (AvgIpc) is 2.73. The van der Waals surface area contributed by atoms with E-state index in [2.05, 4.69) is 5.32 Å². The lowest BCUT2D eigenvalue weighted by molar-refractivity contribution is -0.0794. The highest BCUT2D eigenvalue weighted by molar-refractivity contribution is 6.18. The van der Waals surface area contributed by atoms with Crippen molar-refractivity contribution >= 4 is 17.6 Å². The van der Waals surface area contributed by atoms with Crippen LogP contribution in [0.25, 0.3) is 0 Å². The van der Waals surface area contributed by atoms with Gasteiger partial charge in [0, 0.05) is 19.0 Å². The number of amides is 2. The summed E-state index contributed by atoms with van der Waals surface area (Å²) in [5.41, 5.74) is 0. The second-order valence-corrected chi connectivity index (χ2v) is 5.07. The van der Waals surface area contributed by atoms with Gasteiger partial charge in [0.15, 0.2) is 6.23 Å². The second kappa shape index (κ2) is 8.63. The van der Waals surface area contributed by atoms with Gasteiger partial charge < -0.3 is 25.4 Å². The van der Waals surface area contributed by atoms with E-state index in [0.29, 0.717) is 13.1 Å². The van der Waals surface area contributed by atoms with Crippen molar-refractivity contribution < 1.29 is 24.9 Å². The molecule has 1 aliphatic heterocycles. The third kappa shape index (κ3) is 4.20. The van der Waals surface area contributed by atoms with Crippen LogP contribution >= 0.6 is 11.6 Å². The van der Waals surface area contributed by atoms with Gasteiger partial charge in [-0.3, -0.25) is 4.90 Å². The van der Waals surface area contributed by atoms with Crippen molar-refractivity contribution in [3.05, 3.63) is 0 Å². The van der Waals surface area contributed by atoms with Gasteiger partial charge in [-0.2, -0.15) is 0 Å². The number of nitrogens with zero attached hydrogens (tertiary/aromatic N) is 1. The standard InChI is InChI=1S/C12H23ClN2O5/c1-2-3-6-15(12(19)14-5-4-13)11-10(18)9(17)8(7-16)20-11/h8-11,16-18H,2-7H2,1H3,(H,14,19)/t8-,9-,10-,11-/m1/s1. The van der Waals surface area contributed by atoms with Crippen LogP contribution in [-0.2, 0) is 4.74 Å². The fourth-order valence-corrected chi connectivity index (χ4v) is 2.16. The van der Waals surface area contributed by atoms with Crippen molar-refractivity contribution in [3.8, 4) is 0 Å². The number of carbonyl (C=O) groups is 1. The van der Waals surface area contributed by atoms with Crippen molar-refractivity contribution in [2.24, 2.45) is 0 Å². The third-order valence-corrected chi connectivity index (χ3v) is 3.40. The summed E-state index contributed by atoms with van der Waals surface area (Å²) in [6, 6.07) is -0.408. The molecular weight excluding hydrogens is 288 g/mol. The normalized spacial score (nSPS) is 29.4. The summed E-state index contributed by atoms with van der Waals surface area (Å²) < 4.78 is 5.38. The molecule has 20 heavy (non-hydrogen) atoms. The molecule has 1 saturated heterocycles. The highest BCUT2D eigenvalue weighted by Gasteiger charge is 2.46. The molecule has 0 unspecified atom stereocenters. The second-order valence-electron chi connectivity index (χ2n) is 4.70. The molecule has 4 N–H and O–H groups in total. The summed E-state index contributed by atoms with van der Waals surface area (Å²) in [5, 5.41) is 31.4. The molecule has 0 aromatic carbocycles. The maximum atomic E-state index is 12.1. The lowest BCUT2D eigenvalue weighted by Gasteiger charge is -2.30. The van der Waals surface area contributed by atoms with Gasteiger partial charge in [-0.25, -0.2) is 4.79 Å². The Kier molecular flexibility index (Phi) is 7.53. The zero-order valence-corrected chi connectivity index (χ0v) is 12.3. The van der Waals surface area contributed by atoms with E-state index in [-0.39, 0.29) is 5.88 Å². The van der Waals surface area contributed by atoms with Gasteiger partial charge >= 0.3 is 6.03 Å². The molecule has 4 atom stereocenters. The largest absolute Gasteiger partial charge is 0.394 e. The summed E-state index contributed by atoms with van der Waals surface area (Å²) in [7, 11) is 0. The molecule has 0 radical (unpaired) electrons. The Bertz CT molecular complexity index is 308. The number of nitrogens with one attached hydrogen (secondary N) is 1. The fourth-order valence-electron chi connectivity index (χ4n) is 2.07. The van der Waals surface area contributed by atoms with Gasteiger partial charge in [0.05, 0.1) is 6.61 Å². The molecule has 8 heteroatoms. The molecule has 118 valence electrons. The maximum absolute atomic E-state index is 12.1. The van der Waals surface area contributed by atoms with Crippen LogP contribution in [-0.4, -0.2) is 76.4 Å². The molecule has 1 rings (SSSR count). The zero-order chi connectivity index (χ0) is 15.1. The minimum Gasteiger partial charge on any atom is -0.394 e. The van der Waals surface area contributed by atoms with Gasteiger partial charge in [0.1, 0.15) is 18.3 Å². The summed E-state index contributed by atoms with van der Waals surface area (Å²) in [4.78, 5) is 13.4. The van der Waals surface area contributed by atoms with Gasteiger partial charge in [0.25, 0.3) is 0 Å². The Hall–Kier alpha value is -0.600. The number of aliphatic hydroxyl groups excluding tert-OH is 3. The Balaban J connectivity index is 2.74. The maximum Gasteiger partial charge on any atom is 0.319 e. The molecule has 0 bridgehead atoms. The number of aliphatic hydroxyl groups is 3. The van der Waals surface area contributed by atoms with Crippen molar-refractivity contribution in [2.45, 2.75) is 44.3 Å². The van der Waals surface area contributed by atoms with E-state index in [1.54, 1.807) is 0 Å². The third-order valence-electron chi connectivity index (χ3n) is 3.21. The van der Waals surface area contributed by atoms with Crippen LogP contribution in [0, 0.1) is 0 Å². The van der Waals surface area contributed by atoms with Gasteiger partial charge in [0.2, 0.25) is 0 Å². The molecule has 1 aliphatic rings. The van der Waals surface area contributed by atoms with E-state index in [9.17, 15) is 15.0 Å². The van der Waals surface area contributed by atoms with E-state index in [4.69, 9.17) is 21.4 Å². The number of ether oxygens (including phenoxy) is 1. The van der Waals surface area contributed by atoms with Crippen LogP contribution in [0.1, 0.15) is 19.8 Å².